The highest BCUT2D eigenvalue weighted by Crippen LogP contribution is 2.23. The van der Waals surface area contributed by atoms with Crippen molar-refractivity contribution in [2.75, 3.05) is 0 Å². The van der Waals surface area contributed by atoms with Crippen LogP contribution in [0, 0.1) is 0 Å². The Morgan fingerprint density at radius 1 is 1.24 bits per heavy atom. The maximum atomic E-state index is 10.9. The van der Waals surface area contributed by atoms with Crippen molar-refractivity contribution in [3.63, 3.8) is 0 Å². The van der Waals surface area contributed by atoms with E-state index in [0.717, 1.165) is 5.56 Å². The fourth-order valence-electron chi connectivity index (χ4n) is 1.58. The van der Waals surface area contributed by atoms with E-state index in [1.54, 1.807) is 24.3 Å². The first-order chi connectivity index (χ1) is 8.22. The van der Waals surface area contributed by atoms with Gasteiger partial charge >= 0.3 is 6.01 Å². The van der Waals surface area contributed by atoms with Crippen molar-refractivity contribution in [2.45, 2.75) is 0 Å². The van der Waals surface area contributed by atoms with Gasteiger partial charge in [0.1, 0.15) is 5.52 Å². The van der Waals surface area contributed by atoms with Crippen LogP contribution in [0.4, 0.5) is 6.01 Å². The van der Waals surface area contributed by atoms with Gasteiger partial charge in [0.25, 0.3) is 5.56 Å². The second-order valence-corrected chi connectivity index (χ2v) is 3.49. The first kappa shape index (κ1) is 9.59. The highest BCUT2D eigenvalue weighted by atomic mass is 16.4. The lowest BCUT2D eigenvalue weighted by atomic mass is 10.1. The number of H-pyrrole nitrogens is 1. The zero-order valence-corrected chi connectivity index (χ0v) is 8.54. The van der Waals surface area contributed by atoms with Gasteiger partial charge in [-0.2, -0.15) is 10.1 Å². The normalized spacial score (nSPS) is 10.8. The topological polar surface area (TPSA) is 94.1 Å². The second kappa shape index (κ2) is 3.44. The van der Waals surface area contributed by atoms with E-state index in [1.165, 1.54) is 6.07 Å². The van der Waals surface area contributed by atoms with E-state index in [-0.39, 0.29) is 11.6 Å². The van der Waals surface area contributed by atoms with Gasteiger partial charge in [0, 0.05) is 11.6 Å². The van der Waals surface area contributed by atoms with Gasteiger partial charge in [-0.15, -0.1) is 0 Å². The molecule has 2 aromatic heterocycles. The third-order valence-corrected chi connectivity index (χ3v) is 2.35. The van der Waals surface area contributed by atoms with Gasteiger partial charge in [-0.05, 0) is 24.3 Å². The average molecular weight is 226 g/mol. The van der Waals surface area contributed by atoms with E-state index in [0.29, 0.717) is 16.8 Å². The lowest BCUT2D eigenvalue weighted by Crippen LogP contribution is -2.05. The molecule has 0 bridgehead atoms. The zero-order valence-electron chi connectivity index (χ0n) is 8.54. The number of fused-ring (bicyclic) bond motifs is 1. The maximum absolute atomic E-state index is 10.9. The standard InChI is InChI=1S/C11H6N4O2/c12-11-13-8-5-6(1-3-9(8)17-11)7-2-4-10(16)15-14-7/h1-5H,(H,15,16). The third-order valence-electron chi connectivity index (χ3n) is 2.35. The van der Waals surface area contributed by atoms with Crippen LogP contribution in [0.2, 0.25) is 0 Å². The molecule has 82 valence electrons. The van der Waals surface area contributed by atoms with Crippen molar-refractivity contribution in [1.29, 1.82) is 0 Å². The Morgan fingerprint density at radius 2 is 2.12 bits per heavy atom. The first-order valence-electron chi connectivity index (χ1n) is 4.88. The molecule has 6 nitrogen and oxygen atoms in total. The molecule has 0 saturated carbocycles. The number of hydrogen-bond acceptors (Lipinski definition) is 4. The summed E-state index contributed by atoms with van der Waals surface area (Å²) in [6.45, 7) is 0. The predicted molar refractivity (Wildman–Crippen MR) is 59.7 cm³/mol. The molecule has 0 saturated heterocycles. The quantitative estimate of drug-likeness (QED) is 0.676. The number of nitrogens with one attached hydrogen (secondary N) is 1. The van der Waals surface area contributed by atoms with E-state index >= 15 is 0 Å². The van der Waals surface area contributed by atoms with Crippen molar-refractivity contribution in [3.05, 3.63) is 40.7 Å². The zero-order chi connectivity index (χ0) is 11.8. The smallest absolute Gasteiger partial charge is 0.342 e. The molecular formula is C11H6N4O2. The summed E-state index contributed by atoms with van der Waals surface area (Å²) in [6.07, 6.45) is 0. The number of rotatable bonds is 1. The summed E-state index contributed by atoms with van der Waals surface area (Å²) in [4.78, 5) is 14.7. The summed E-state index contributed by atoms with van der Waals surface area (Å²) in [5.74, 6) is 0. The van der Waals surface area contributed by atoms with Crippen LogP contribution in [-0.2, 0) is 0 Å². The molecule has 1 aromatic carbocycles. The summed E-state index contributed by atoms with van der Waals surface area (Å²) in [7, 11) is 0. The van der Waals surface area contributed by atoms with Crippen molar-refractivity contribution < 1.29 is 4.42 Å². The second-order valence-electron chi connectivity index (χ2n) is 3.49. The SMILES string of the molecule is [N]c1nc2cc(-c3ccc(=O)[nH]n3)ccc2o1. The van der Waals surface area contributed by atoms with Crippen molar-refractivity contribution in [2.24, 2.45) is 0 Å². The van der Waals surface area contributed by atoms with Crippen molar-refractivity contribution in [3.8, 4) is 11.3 Å². The van der Waals surface area contributed by atoms with E-state index < -0.39 is 0 Å². The Labute approximate surface area is 95.1 Å². The molecule has 1 N–H and O–H groups in total. The Bertz CT molecular complexity index is 724. The number of nitrogens with zero attached hydrogens (tertiary/aromatic N) is 3. The molecule has 0 unspecified atom stereocenters. The van der Waals surface area contributed by atoms with Gasteiger partial charge in [-0.25, -0.2) is 5.10 Å². The van der Waals surface area contributed by atoms with Gasteiger partial charge in [0.15, 0.2) is 5.58 Å². The van der Waals surface area contributed by atoms with E-state index in [2.05, 4.69) is 15.2 Å². The molecule has 0 aliphatic rings. The molecule has 0 aliphatic heterocycles. The monoisotopic (exact) mass is 226 g/mol. The Kier molecular flexibility index (Phi) is 1.94. The molecule has 0 fully saturated rings. The average Bonchev–Trinajstić information content (AvgIpc) is 2.69. The van der Waals surface area contributed by atoms with Crippen molar-refractivity contribution >= 4 is 17.1 Å². The summed E-state index contributed by atoms with van der Waals surface area (Å²) >= 11 is 0. The molecular weight excluding hydrogens is 220 g/mol. The predicted octanol–water partition coefficient (Wildman–Crippen LogP) is 1.28. The molecule has 0 amide bonds. The van der Waals surface area contributed by atoms with Crippen LogP contribution < -0.4 is 11.3 Å². The van der Waals surface area contributed by atoms with Gasteiger partial charge < -0.3 is 4.42 Å². The molecule has 0 atom stereocenters. The summed E-state index contributed by atoms with van der Waals surface area (Å²) in [5, 5.41) is 6.26. The molecule has 2 radical (unpaired) electrons. The summed E-state index contributed by atoms with van der Waals surface area (Å²) in [5.41, 5.74) is 11.3. The highest BCUT2D eigenvalue weighted by Gasteiger charge is 2.06. The number of hydrogen-bond donors (Lipinski definition) is 1. The van der Waals surface area contributed by atoms with Gasteiger partial charge in [-0.3, -0.25) is 4.79 Å². The molecule has 3 aromatic rings. The summed E-state index contributed by atoms with van der Waals surface area (Å²) in [6, 6.07) is 7.82. The lowest BCUT2D eigenvalue weighted by Gasteiger charge is -1.98. The van der Waals surface area contributed by atoms with Gasteiger partial charge in [-0.1, -0.05) is 5.73 Å². The highest BCUT2D eigenvalue weighted by molar-refractivity contribution is 5.80. The van der Waals surface area contributed by atoms with Gasteiger partial charge in [0.2, 0.25) is 0 Å². The Balaban J connectivity index is 2.17. The van der Waals surface area contributed by atoms with Crippen LogP contribution >= 0.6 is 0 Å². The minimum atomic E-state index is -0.369. The third kappa shape index (κ3) is 1.65. The maximum Gasteiger partial charge on any atom is 0.342 e. The number of benzene rings is 1. The minimum Gasteiger partial charge on any atom is -0.421 e. The Hall–Kier alpha value is -2.63. The fraction of sp³-hybridized carbons (Fsp3) is 0. The Morgan fingerprint density at radius 3 is 2.88 bits per heavy atom. The minimum absolute atomic E-state index is 0.256. The summed E-state index contributed by atoms with van der Waals surface area (Å²) < 4.78 is 4.94. The molecule has 0 spiro atoms. The van der Waals surface area contributed by atoms with Crippen molar-refractivity contribution in [1.82, 2.24) is 20.9 Å². The molecule has 2 heterocycles. The van der Waals surface area contributed by atoms with Crippen LogP contribution in [0.15, 0.2) is 39.5 Å². The molecule has 3 rings (SSSR count). The van der Waals surface area contributed by atoms with Crippen LogP contribution in [0.1, 0.15) is 0 Å². The van der Waals surface area contributed by atoms with E-state index in [1.807, 2.05) is 0 Å². The molecule has 6 heteroatoms. The number of oxazole rings is 1. The first-order valence-corrected chi connectivity index (χ1v) is 4.88. The van der Waals surface area contributed by atoms with E-state index in [9.17, 15) is 4.79 Å². The van der Waals surface area contributed by atoms with Crippen LogP contribution in [0.25, 0.3) is 22.4 Å². The molecule has 0 aliphatic carbocycles. The molecule has 17 heavy (non-hydrogen) atoms. The van der Waals surface area contributed by atoms with Crippen LogP contribution in [-0.4, -0.2) is 15.2 Å². The lowest BCUT2D eigenvalue weighted by molar-refractivity contribution is 0.608. The van der Waals surface area contributed by atoms with E-state index in [4.69, 9.17) is 10.2 Å². The largest absolute Gasteiger partial charge is 0.421 e. The van der Waals surface area contributed by atoms with Crippen LogP contribution in [0.3, 0.4) is 0 Å². The van der Waals surface area contributed by atoms with Crippen LogP contribution in [0.5, 0.6) is 0 Å². The number of aromatic amines is 1. The number of aromatic nitrogens is 3. The fourth-order valence-corrected chi connectivity index (χ4v) is 1.58. The van der Waals surface area contributed by atoms with Gasteiger partial charge in [0.05, 0.1) is 5.69 Å².